The van der Waals surface area contributed by atoms with E-state index in [4.69, 9.17) is 10.5 Å². The van der Waals surface area contributed by atoms with Gasteiger partial charge in [0.25, 0.3) is 5.56 Å². The third kappa shape index (κ3) is 1.91. The number of nitrogens with two attached hydrogens (primary N) is 1. The molecule has 2 N–H and O–H groups in total. The molecule has 0 saturated heterocycles. The molecule has 0 saturated carbocycles. The van der Waals surface area contributed by atoms with Crippen molar-refractivity contribution in [3.63, 3.8) is 0 Å². The molecule has 4 heteroatoms. The molecule has 0 aliphatic heterocycles. The molecule has 1 unspecified atom stereocenters. The molecule has 1 aromatic carbocycles. The molecule has 0 spiro atoms. The van der Waals surface area contributed by atoms with Crippen molar-refractivity contribution in [3.8, 4) is 5.75 Å². The Morgan fingerprint density at radius 1 is 1.35 bits per heavy atom. The lowest BCUT2D eigenvalue weighted by Gasteiger charge is -2.11. The fourth-order valence-corrected chi connectivity index (χ4v) is 1.92. The van der Waals surface area contributed by atoms with E-state index in [1.807, 2.05) is 31.2 Å². The summed E-state index contributed by atoms with van der Waals surface area (Å²) in [6.45, 7) is 1.81. The lowest BCUT2D eigenvalue weighted by atomic mass is 10.1. The molecule has 90 valence electrons. The van der Waals surface area contributed by atoms with Gasteiger partial charge >= 0.3 is 0 Å². The van der Waals surface area contributed by atoms with Gasteiger partial charge in [0.15, 0.2) is 0 Å². The van der Waals surface area contributed by atoms with Gasteiger partial charge in [-0.2, -0.15) is 0 Å². The first-order valence-corrected chi connectivity index (χ1v) is 5.48. The normalized spacial score (nSPS) is 12.7. The van der Waals surface area contributed by atoms with Crippen LogP contribution in [-0.4, -0.2) is 11.7 Å². The van der Waals surface area contributed by atoms with Crippen molar-refractivity contribution in [3.05, 3.63) is 40.2 Å². The maximum absolute atomic E-state index is 12.1. The van der Waals surface area contributed by atoms with Gasteiger partial charge in [-0.3, -0.25) is 4.79 Å². The molecule has 4 nitrogen and oxygen atoms in total. The number of fused-ring (bicyclic) bond motifs is 1. The summed E-state index contributed by atoms with van der Waals surface area (Å²) in [4.78, 5) is 12.1. The topological polar surface area (TPSA) is 57.2 Å². The van der Waals surface area contributed by atoms with E-state index in [0.717, 1.165) is 16.7 Å². The Balaban J connectivity index is 2.81. The number of rotatable bonds is 2. The predicted molar refractivity (Wildman–Crippen MR) is 68.3 cm³/mol. The van der Waals surface area contributed by atoms with Crippen molar-refractivity contribution in [2.24, 2.45) is 12.8 Å². The summed E-state index contributed by atoms with van der Waals surface area (Å²) in [5.41, 5.74) is 7.21. The van der Waals surface area contributed by atoms with Crippen LogP contribution in [0.1, 0.15) is 18.5 Å². The van der Waals surface area contributed by atoms with Crippen LogP contribution in [0.2, 0.25) is 0 Å². The molecule has 1 atom stereocenters. The summed E-state index contributed by atoms with van der Waals surface area (Å²) < 4.78 is 6.76. The molecule has 1 aromatic heterocycles. The first kappa shape index (κ1) is 11.7. The van der Waals surface area contributed by atoms with E-state index in [1.165, 1.54) is 0 Å². The summed E-state index contributed by atoms with van der Waals surface area (Å²) in [5.74, 6) is 0.737. The summed E-state index contributed by atoms with van der Waals surface area (Å²) >= 11 is 0. The number of pyridine rings is 1. The van der Waals surface area contributed by atoms with E-state index >= 15 is 0 Å². The van der Waals surface area contributed by atoms with Crippen LogP contribution in [-0.2, 0) is 7.05 Å². The van der Waals surface area contributed by atoms with Crippen LogP contribution < -0.4 is 16.0 Å². The highest BCUT2D eigenvalue weighted by atomic mass is 16.5. The Morgan fingerprint density at radius 3 is 2.65 bits per heavy atom. The second-order valence-corrected chi connectivity index (χ2v) is 4.18. The van der Waals surface area contributed by atoms with Crippen molar-refractivity contribution < 1.29 is 4.74 Å². The van der Waals surface area contributed by atoms with Crippen LogP contribution in [0.15, 0.2) is 29.1 Å². The molecule has 2 rings (SSSR count). The molecular weight excluding hydrogens is 216 g/mol. The van der Waals surface area contributed by atoms with Crippen LogP contribution in [0, 0.1) is 0 Å². The van der Waals surface area contributed by atoms with Crippen molar-refractivity contribution in [2.75, 3.05) is 7.11 Å². The molecule has 0 aliphatic carbocycles. The Kier molecular flexibility index (Phi) is 2.90. The fourth-order valence-electron chi connectivity index (χ4n) is 1.92. The highest BCUT2D eigenvalue weighted by Gasteiger charge is 2.10. The molecular formula is C13H16N2O2. The predicted octanol–water partition coefficient (Wildman–Crippen LogP) is 1.57. The largest absolute Gasteiger partial charge is 0.497 e. The van der Waals surface area contributed by atoms with Crippen molar-refractivity contribution in [1.82, 2.24) is 4.57 Å². The zero-order valence-electron chi connectivity index (χ0n) is 10.2. The van der Waals surface area contributed by atoms with Crippen LogP contribution in [0.3, 0.4) is 0 Å². The number of hydrogen-bond donors (Lipinski definition) is 1. The first-order chi connectivity index (χ1) is 8.04. The maximum Gasteiger partial charge on any atom is 0.255 e. The minimum absolute atomic E-state index is 0.0549. The van der Waals surface area contributed by atoms with Gasteiger partial charge in [-0.1, -0.05) is 0 Å². The van der Waals surface area contributed by atoms with Gasteiger partial charge in [0.05, 0.1) is 12.6 Å². The van der Waals surface area contributed by atoms with E-state index in [0.29, 0.717) is 5.56 Å². The Morgan fingerprint density at radius 2 is 2.06 bits per heavy atom. The summed E-state index contributed by atoms with van der Waals surface area (Å²) in [7, 11) is 3.35. The van der Waals surface area contributed by atoms with Crippen molar-refractivity contribution in [1.29, 1.82) is 0 Å². The van der Waals surface area contributed by atoms with Gasteiger partial charge in [-0.15, -0.1) is 0 Å². The molecule has 0 aliphatic rings. The molecule has 17 heavy (non-hydrogen) atoms. The summed E-state index contributed by atoms with van der Waals surface area (Å²) in [6, 6.07) is 7.24. The van der Waals surface area contributed by atoms with Crippen LogP contribution in [0.5, 0.6) is 5.75 Å². The van der Waals surface area contributed by atoms with Gasteiger partial charge in [-0.25, -0.2) is 0 Å². The van der Waals surface area contributed by atoms with Crippen molar-refractivity contribution in [2.45, 2.75) is 13.0 Å². The average molecular weight is 232 g/mol. The highest BCUT2D eigenvalue weighted by Crippen LogP contribution is 2.21. The van der Waals surface area contributed by atoms with Crippen LogP contribution in [0.4, 0.5) is 0 Å². The fraction of sp³-hybridized carbons (Fsp3) is 0.308. The quantitative estimate of drug-likeness (QED) is 0.855. The molecule has 0 amide bonds. The summed E-state index contributed by atoms with van der Waals surface area (Å²) in [5, 5.41) is 0.986. The Hall–Kier alpha value is -1.81. The summed E-state index contributed by atoms with van der Waals surface area (Å²) in [6.07, 6.45) is 0. The standard InChI is InChI=1S/C13H16N2O2/c1-8(14)11-6-9-4-5-10(17-3)7-12(9)15(2)13(11)16/h4-8H,14H2,1-3H3. The molecule has 2 aromatic rings. The van der Waals surface area contributed by atoms with Crippen molar-refractivity contribution >= 4 is 10.9 Å². The van der Waals surface area contributed by atoms with Gasteiger partial charge in [0.2, 0.25) is 0 Å². The third-order valence-electron chi connectivity index (χ3n) is 2.95. The van der Waals surface area contributed by atoms with Gasteiger partial charge in [0.1, 0.15) is 5.75 Å². The minimum atomic E-state index is -0.264. The van der Waals surface area contributed by atoms with E-state index in [1.54, 1.807) is 18.7 Å². The molecule has 1 heterocycles. The lowest BCUT2D eigenvalue weighted by Crippen LogP contribution is -2.25. The number of nitrogens with zero attached hydrogens (tertiary/aromatic N) is 1. The maximum atomic E-state index is 12.1. The molecule has 0 bridgehead atoms. The van der Waals surface area contributed by atoms with E-state index < -0.39 is 0 Å². The number of methoxy groups -OCH3 is 1. The number of hydrogen-bond acceptors (Lipinski definition) is 3. The highest BCUT2D eigenvalue weighted by molar-refractivity contribution is 5.81. The molecule has 0 radical (unpaired) electrons. The monoisotopic (exact) mass is 232 g/mol. The minimum Gasteiger partial charge on any atom is -0.497 e. The first-order valence-electron chi connectivity index (χ1n) is 5.48. The second kappa shape index (κ2) is 4.22. The zero-order chi connectivity index (χ0) is 12.6. The number of ether oxygens (including phenoxy) is 1. The third-order valence-corrected chi connectivity index (χ3v) is 2.95. The molecule has 0 fully saturated rings. The smallest absolute Gasteiger partial charge is 0.255 e. The Bertz CT molecular complexity index is 615. The van der Waals surface area contributed by atoms with E-state index in [-0.39, 0.29) is 11.6 Å². The SMILES string of the molecule is COc1ccc2cc(C(C)N)c(=O)n(C)c2c1. The van der Waals surface area contributed by atoms with E-state index in [2.05, 4.69) is 0 Å². The zero-order valence-corrected chi connectivity index (χ0v) is 10.2. The number of aryl methyl sites for hydroxylation is 1. The van der Waals surface area contributed by atoms with Gasteiger partial charge < -0.3 is 15.0 Å². The average Bonchev–Trinajstić information content (AvgIpc) is 2.33. The number of benzene rings is 1. The lowest BCUT2D eigenvalue weighted by molar-refractivity contribution is 0.415. The van der Waals surface area contributed by atoms with Gasteiger partial charge in [0, 0.05) is 24.7 Å². The van der Waals surface area contributed by atoms with E-state index in [9.17, 15) is 4.79 Å². The number of aromatic nitrogens is 1. The second-order valence-electron chi connectivity index (χ2n) is 4.18. The van der Waals surface area contributed by atoms with Crippen LogP contribution in [0.25, 0.3) is 10.9 Å². The van der Waals surface area contributed by atoms with Gasteiger partial charge in [-0.05, 0) is 30.5 Å². The Labute approximate surface area is 99.6 Å². The van der Waals surface area contributed by atoms with Crippen LogP contribution >= 0.6 is 0 Å².